The van der Waals surface area contributed by atoms with E-state index in [1.807, 2.05) is 31.2 Å². The molecule has 1 heterocycles. The minimum absolute atomic E-state index is 0.00439. The molecule has 1 N–H and O–H groups in total. The maximum Gasteiger partial charge on any atom is 0.263 e. The number of nitrogens with zero attached hydrogens (tertiary/aromatic N) is 1. The van der Waals surface area contributed by atoms with Gasteiger partial charge in [0, 0.05) is 24.1 Å². The van der Waals surface area contributed by atoms with Gasteiger partial charge in [-0.05, 0) is 55.5 Å². The normalized spacial score (nSPS) is 24.0. The maximum absolute atomic E-state index is 13.1. The van der Waals surface area contributed by atoms with Crippen molar-refractivity contribution in [2.75, 3.05) is 19.1 Å². The summed E-state index contributed by atoms with van der Waals surface area (Å²) in [7, 11) is 3.28. The first-order valence-corrected chi connectivity index (χ1v) is 9.19. The predicted molar refractivity (Wildman–Crippen MR) is 102 cm³/mol. The molecule has 1 amide bonds. The first-order chi connectivity index (χ1) is 12.9. The summed E-state index contributed by atoms with van der Waals surface area (Å²) in [6, 6.07) is 10.9. The largest absolute Gasteiger partial charge is 0.496 e. The van der Waals surface area contributed by atoms with E-state index in [0.717, 1.165) is 23.3 Å². The average molecular weight is 365 g/mol. The molecule has 2 atom stereocenters. The van der Waals surface area contributed by atoms with Gasteiger partial charge in [-0.15, -0.1) is 0 Å². The third-order valence-electron chi connectivity index (χ3n) is 6.06. The number of carbonyl (C=O) groups excluding carboxylic acids is 2. The Morgan fingerprint density at radius 2 is 1.96 bits per heavy atom. The summed E-state index contributed by atoms with van der Waals surface area (Å²) < 4.78 is 5.36. The van der Waals surface area contributed by atoms with E-state index in [-0.39, 0.29) is 24.0 Å². The maximum atomic E-state index is 13.1. The Morgan fingerprint density at radius 1 is 1.22 bits per heavy atom. The van der Waals surface area contributed by atoms with Gasteiger partial charge in [0.05, 0.1) is 12.8 Å². The van der Waals surface area contributed by atoms with Crippen LogP contribution in [0.3, 0.4) is 0 Å². The average Bonchev–Trinajstić information content (AvgIpc) is 2.87. The van der Waals surface area contributed by atoms with Gasteiger partial charge < -0.3 is 14.7 Å². The predicted octanol–water partition coefficient (Wildman–Crippen LogP) is 3.00. The zero-order chi connectivity index (χ0) is 19.3. The lowest BCUT2D eigenvalue weighted by molar-refractivity contribution is -0.137. The van der Waals surface area contributed by atoms with Crippen LogP contribution in [0.15, 0.2) is 36.4 Å². The smallest absolute Gasteiger partial charge is 0.263 e. The number of rotatable bonds is 3. The lowest BCUT2D eigenvalue weighted by Crippen LogP contribution is -2.42. The van der Waals surface area contributed by atoms with E-state index in [1.165, 1.54) is 4.90 Å². The molecule has 2 aromatic rings. The summed E-state index contributed by atoms with van der Waals surface area (Å²) in [4.78, 5) is 27.4. The van der Waals surface area contributed by atoms with Gasteiger partial charge in [0.15, 0.2) is 11.4 Å². The van der Waals surface area contributed by atoms with Crippen LogP contribution >= 0.6 is 0 Å². The van der Waals surface area contributed by atoms with E-state index in [9.17, 15) is 14.7 Å². The molecule has 0 unspecified atom stereocenters. The molecule has 1 aliphatic carbocycles. The zero-order valence-corrected chi connectivity index (χ0v) is 15.8. The standard InChI is InChI=1S/C22H23NO4/c1-13-15-9-8-14(20(24)16(15)10-11-19(13)27-3)12-22(26)17-6-4-5-7-18(17)23(2)21(22)25/h4-7,10-11,14,26H,8-9,12H2,1-3H3/t14-,22-/m0/s1. The quantitative estimate of drug-likeness (QED) is 0.908. The second-order valence-electron chi connectivity index (χ2n) is 7.46. The molecule has 4 rings (SSSR count). The van der Waals surface area contributed by atoms with Crippen molar-refractivity contribution in [3.8, 4) is 5.75 Å². The number of ketones is 1. The van der Waals surface area contributed by atoms with E-state index < -0.39 is 5.60 Å². The van der Waals surface area contributed by atoms with E-state index in [0.29, 0.717) is 23.2 Å². The number of hydrogen-bond acceptors (Lipinski definition) is 4. The molecular weight excluding hydrogens is 342 g/mol. The fourth-order valence-electron chi connectivity index (χ4n) is 4.55. The SMILES string of the molecule is COc1ccc2c(c1C)CC[C@@H](C[C@@]1(O)C(=O)N(C)c3ccccc31)C2=O. The summed E-state index contributed by atoms with van der Waals surface area (Å²) in [5.41, 5.74) is 2.32. The summed E-state index contributed by atoms with van der Waals surface area (Å²) >= 11 is 0. The molecule has 2 aliphatic rings. The fraction of sp³-hybridized carbons (Fsp3) is 0.364. The van der Waals surface area contributed by atoms with Crippen LogP contribution in [0.25, 0.3) is 0 Å². The summed E-state index contributed by atoms with van der Waals surface area (Å²) in [5, 5.41) is 11.3. The van der Waals surface area contributed by atoms with Crippen LogP contribution in [0.5, 0.6) is 5.75 Å². The van der Waals surface area contributed by atoms with Gasteiger partial charge in [-0.25, -0.2) is 0 Å². The lowest BCUT2D eigenvalue weighted by Gasteiger charge is -2.30. The van der Waals surface area contributed by atoms with Gasteiger partial charge in [-0.3, -0.25) is 9.59 Å². The minimum atomic E-state index is -1.65. The van der Waals surface area contributed by atoms with E-state index in [2.05, 4.69) is 0 Å². The third kappa shape index (κ3) is 2.49. The van der Waals surface area contributed by atoms with Crippen molar-refractivity contribution in [2.45, 2.75) is 31.8 Å². The molecule has 2 aromatic carbocycles. The van der Waals surface area contributed by atoms with Gasteiger partial charge in [-0.2, -0.15) is 0 Å². The molecule has 5 heteroatoms. The number of para-hydroxylation sites is 1. The zero-order valence-electron chi connectivity index (χ0n) is 15.8. The summed E-state index contributed by atoms with van der Waals surface area (Å²) in [5.74, 6) is 0.0161. The number of anilines is 1. The van der Waals surface area contributed by atoms with Crippen LogP contribution in [0, 0.1) is 12.8 Å². The van der Waals surface area contributed by atoms with Crippen molar-refractivity contribution in [1.82, 2.24) is 0 Å². The van der Waals surface area contributed by atoms with Gasteiger partial charge in [0.1, 0.15) is 5.75 Å². The van der Waals surface area contributed by atoms with Crippen LogP contribution in [0.2, 0.25) is 0 Å². The highest BCUT2D eigenvalue weighted by Crippen LogP contribution is 2.45. The Balaban J connectivity index is 1.68. The Kier molecular flexibility index (Phi) is 4.07. The number of fused-ring (bicyclic) bond motifs is 2. The van der Waals surface area contributed by atoms with Crippen molar-refractivity contribution in [2.24, 2.45) is 5.92 Å². The van der Waals surface area contributed by atoms with Crippen LogP contribution in [-0.4, -0.2) is 31.0 Å². The minimum Gasteiger partial charge on any atom is -0.496 e. The Labute approximate surface area is 158 Å². The number of Topliss-reactive ketones (excluding diaryl/α,β-unsaturated/α-hetero) is 1. The second-order valence-corrected chi connectivity index (χ2v) is 7.46. The van der Waals surface area contributed by atoms with Gasteiger partial charge in [0.25, 0.3) is 5.91 Å². The van der Waals surface area contributed by atoms with E-state index >= 15 is 0 Å². The van der Waals surface area contributed by atoms with Crippen molar-refractivity contribution in [3.63, 3.8) is 0 Å². The number of aliphatic hydroxyl groups is 1. The van der Waals surface area contributed by atoms with Crippen LogP contribution in [-0.2, 0) is 16.8 Å². The number of amides is 1. The van der Waals surface area contributed by atoms with Gasteiger partial charge in [0.2, 0.25) is 0 Å². The number of likely N-dealkylation sites (N-methyl/N-ethyl adjacent to an activating group) is 1. The third-order valence-corrected chi connectivity index (χ3v) is 6.06. The van der Waals surface area contributed by atoms with E-state index in [1.54, 1.807) is 26.3 Å². The monoisotopic (exact) mass is 365 g/mol. The highest BCUT2D eigenvalue weighted by molar-refractivity contribution is 6.07. The molecule has 0 aromatic heterocycles. The van der Waals surface area contributed by atoms with Crippen molar-refractivity contribution < 1.29 is 19.4 Å². The molecule has 140 valence electrons. The number of carbonyl (C=O) groups is 2. The van der Waals surface area contributed by atoms with Crippen LogP contribution in [0.4, 0.5) is 5.69 Å². The van der Waals surface area contributed by atoms with Crippen LogP contribution < -0.4 is 9.64 Å². The van der Waals surface area contributed by atoms with Gasteiger partial charge >= 0.3 is 0 Å². The molecule has 1 aliphatic heterocycles. The van der Waals surface area contributed by atoms with Crippen molar-refractivity contribution in [3.05, 3.63) is 58.7 Å². The summed E-state index contributed by atoms with van der Waals surface area (Å²) in [6.07, 6.45) is 1.45. The highest BCUT2D eigenvalue weighted by atomic mass is 16.5. The number of methoxy groups -OCH3 is 1. The Morgan fingerprint density at radius 3 is 2.70 bits per heavy atom. The second kappa shape index (κ2) is 6.20. The molecule has 0 saturated heterocycles. The molecular formula is C22H23NO4. The number of hydrogen-bond donors (Lipinski definition) is 1. The molecule has 0 saturated carbocycles. The lowest BCUT2D eigenvalue weighted by atomic mass is 9.74. The first kappa shape index (κ1) is 17.7. The molecule has 0 fully saturated rings. The van der Waals surface area contributed by atoms with E-state index in [4.69, 9.17) is 4.74 Å². The first-order valence-electron chi connectivity index (χ1n) is 9.19. The molecule has 0 spiro atoms. The topological polar surface area (TPSA) is 66.8 Å². The number of benzene rings is 2. The molecule has 0 radical (unpaired) electrons. The number of ether oxygens (including phenoxy) is 1. The molecule has 27 heavy (non-hydrogen) atoms. The van der Waals surface area contributed by atoms with Crippen LogP contribution in [0.1, 0.15) is 39.9 Å². The van der Waals surface area contributed by atoms with Gasteiger partial charge in [-0.1, -0.05) is 18.2 Å². The molecule has 5 nitrogen and oxygen atoms in total. The Bertz CT molecular complexity index is 951. The summed E-state index contributed by atoms with van der Waals surface area (Å²) in [6.45, 7) is 1.96. The highest BCUT2D eigenvalue weighted by Gasteiger charge is 2.50. The fourth-order valence-corrected chi connectivity index (χ4v) is 4.55. The Hall–Kier alpha value is -2.66. The molecule has 0 bridgehead atoms. The van der Waals surface area contributed by atoms with Crippen molar-refractivity contribution >= 4 is 17.4 Å². The van der Waals surface area contributed by atoms with Crippen molar-refractivity contribution in [1.29, 1.82) is 0 Å².